The molecule has 2 atom stereocenters. The van der Waals surface area contributed by atoms with E-state index in [1.54, 1.807) is 0 Å². The third-order valence-electron chi connectivity index (χ3n) is 5.07. The number of carbonyl (C=O) groups excluding carboxylic acids is 1. The van der Waals surface area contributed by atoms with Crippen molar-refractivity contribution in [1.29, 1.82) is 0 Å². The highest BCUT2D eigenvalue weighted by Crippen LogP contribution is 2.48. The minimum atomic E-state index is -2.15. The van der Waals surface area contributed by atoms with E-state index in [1.165, 1.54) is 25.4 Å². The number of ether oxygens (including phenoxy) is 3. The van der Waals surface area contributed by atoms with Crippen molar-refractivity contribution >= 4 is 17.6 Å². The highest BCUT2D eigenvalue weighted by atomic mass is 19.1. The van der Waals surface area contributed by atoms with E-state index in [-0.39, 0.29) is 36.2 Å². The number of amides is 1. The van der Waals surface area contributed by atoms with Crippen LogP contribution in [0.5, 0.6) is 5.75 Å². The third-order valence-corrected chi connectivity index (χ3v) is 5.07. The molecular weight excluding hydrogens is 405 g/mol. The Bertz CT molecular complexity index is 1050. The Morgan fingerprint density at radius 2 is 2.03 bits per heavy atom. The Hall–Kier alpha value is -3.34. The van der Waals surface area contributed by atoms with Crippen molar-refractivity contribution in [3.05, 3.63) is 53.4 Å². The maximum absolute atomic E-state index is 15.5. The summed E-state index contributed by atoms with van der Waals surface area (Å²) in [6.07, 6.45) is 1.18. The average Bonchev–Trinajstić information content (AvgIpc) is 3.06. The normalized spacial score (nSPS) is 25.1. The summed E-state index contributed by atoms with van der Waals surface area (Å²) in [6.45, 7) is -1.09. The molecule has 1 amide bonds. The van der Waals surface area contributed by atoms with Crippen LogP contribution >= 0.6 is 0 Å². The van der Waals surface area contributed by atoms with Gasteiger partial charge in [0.05, 0.1) is 26.5 Å². The monoisotopic (exact) mass is 422 g/mol. The number of carbonyl (C=O) groups is 1. The zero-order chi connectivity index (χ0) is 21.5. The van der Waals surface area contributed by atoms with E-state index in [0.29, 0.717) is 0 Å². The van der Waals surface area contributed by atoms with Crippen LogP contribution in [0.4, 0.5) is 18.9 Å². The number of pyridine rings is 1. The van der Waals surface area contributed by atoms with Crippen LogP contribution in [0.2, 0.25) is 0 Å². The van der Waals surface area contributed by atoms with Crippen LogP contribution in [0, 0.1) is 11.6 Å². The predicted molar refractivity (Wildman–Crippen MR) is 99.0 cm³/mol. The summed E-state index contributed by atoms with van der Waals surface area (Å²) in [6, 6.07) is 4.20. The van der Waals surface area contributed by atoms with Gasteiger partial charge in [0.1, 0.15) is 18.2 Å². The fourth-order valence-corrected chi connectivity index (χ4v) is 3.50. The lowest BCUT2D eigenvalue weighted by molar-refractivity contribution is 0.00905. The quantitative estimate of drug-likeness (QED) is 0.779. The van der Waals surface area contributed by atoms with E-state index in [2.05, 4.69) is 15.3 Å². The van der Waals surface area contributed by atoms with Gasteiger partial charge in [0, 0.05) is 17.3 Å². The molecule has 3 heterocycles. The number of rotatable bonds is 4. The van der Waals surface area contributed by atoms with Crippen molar-refractivity contribution in [1.82, 2.24) is 4.98 Å². The average molecular weight is 422 g/mol. The fraction of sp³-hybridized carbons (Fsp3) is 0.316. The molecule has 8 nitrogen and oxygen atoms in total. The number of amidine groups is 1. The smallest absolute Gasteiger partial charge is 0.283 e. The van der Waals surface area contributed by atoms with Crippen molar-refractivity contribution in [2.45, 2.75) is 11.2 Å². The second kappa shape index (κ2) is 7.17. The van der Waals surface area contributed by atoms with Gasteiger partial charge in [-0.15, -0.1) is 0 Å². The van der Waals surface area contributed by atoms with E-state index in [4.69, 9.17) is 19.9 Å². The van der Waals surface area contributed by atoms with Gasteiger partial charge < -0.3 is 25.3 Å². The molecule has 1 saturated heterocycles. The summed E-state index contributed by atoms with van der Waals surface area (Å²) in [5.74, 6) is -2.41. The summed E-state index contributed by atoms with van der Waals surface area (Å²) in [5, 5.41) is 2.42. The van der Waals surface area contributed by atoms with Crippen molar-refractivity contribution in [2.75, 3.05) is 32.2 Å². The van der Waals surface area contributed by atoms with Crippen LogP contribution < -0.4 is 15.8 Å². The molecule has 1 aromatic heterocycles. The first kappa shape index (κ1) is 20.0. The molecule has 0 radical (unpaired) electrons. The number of alkyl halides is 1. The number of anilines is 1. The first-order valence-corrected chi connectivity index (χ1v) is 8.84. The molecule has 0 spiro atoms. The minimum absolute atomic E-state index is 0.0808. The molecule has 4 rings (SSSR count). The summed E-state index contributed by atoms with van der Waals surface area (Å²) in [7, 11) is 1.33. The molecule has 0 saturated carbocycles. The Labute approximate surface area is 168 Å². The predicted octanol–water partition coefficient (Wildman–Crippen LogP) is 1.90. The van der Waals surface area contributed by atoms with Crippen LogP contribution in [-0.4, -0.2) is 49.5 Å². The van der Waals surface area contributed by atoms with Gasteiger partial charge in [-0.2, -0.15) is 0 Å². The largest absolute Gasteiger partial charge is 0.495 e. The summed E-state index contributed by atoms with van der Waals surface area (Å²) >= 11 is 0. The molecule has 158 valence electrons. The first-order chi connectivity index (χ1) is 14.3. The van der Waals surface area contributed by atoms with E-state index in [9.17, 15) is 13.6 Å². The number of hydrogen-bond acceptors (Lipinski definition) is 7. The van der Waals surface area contributed by atoms with Gasteiger partial charge in [0.15, 0.2) is 22.7 Å². The van der Waals surface area contributed by atoms with E-state index in [0.717, 1.165) is 12.1 Å². The number of benzene rings is 1. The standard InChI is InChI=1S/C19H17F3N4O4/c1-28-11-5-14(21)15(24-6-11)16(27)25-10-2-3-13(20)12(4-10)19-9-29-7-18(19,22)8-30-17(23)26-19/h2-6H,7-9H2,1H3,(H2,23,26)(H,25,27)/t18-,19-/m1/s1. The van der Waals surface area contributed by atoms with Crippen molar-refractivity contribution < 1.29 is 32.2 Å². The van der Waals surface area contributed by atoms with Crippen molar-refractivity contribution in [3.8, 4) is 5.75 Å². The van der Waals surface area contributed by atoms with Crippen molar-refractivity contribution in [3.63, 3.8) is 0 Å². The third kappa shape index (κ3) is 3.11. The molecule has 30 heavy (non-hydrogen) atoms. The van der Waals surface area contributed by atoms with Crippen LogP contribution in [0.15, 0.2) is 35.5 Å². The van der Waals surface area contributed by atoms with Crippen LogP contribution in [-0.2, 0) is 15.0 Å². The van der Waals surface area contributed by atoms with Gasteiger partial charge in [0.2, 0.25) is 0 Å². The molecule has 1 aromatic carbocycles. The number of fused-ring (bicyclic) bond motifs is 1. The van der Waals surface area contributed by atoms with Gasteiger partial charge in [-0.25, -0.2) is 23.1 Å². The topological polar surface area (TPSA) is 108 Å². The summed E-state index contributed by atoms with van der Waals surface area (Å²) < 4.78 is 59.4. The molecule has 11 heteroatoms. The molecule has 0 bridgehead atoms. The Balaban J connectivity index is 1.69. The van der Waals surface area contributed by atoms with Gasteiger partial charge in [-0.05, 0) is 18.2 Å². The molecule has 1 fully saturated rings. The maximum Gasteiger partial charge on any atom is 0.283 e. The van der Waals surface area contributed by atoms with E-state index >= 15 is 4.39 Å². The number of aromatic nitrogens is 1. The Kier molecular flexibility index (Phi) is 4.77. The fourth-order valence-electron chi connectivity index (χ4n) is 3.50. The number of aliphatic imine (C=N–C) groups is 1. The Morgan fingerprint density at radius 3 is 2.77 bits per heavy atom. The second-order valence-electron chi connectivity index (χ2n) is 6.91. The molecule has 2 aromatic rings. The zero-order valence-corrected chi connectivity index (χ0v) is 15.7. The van der Waals surface area contributed by atoms with Gasteiger partial charge in [0.25, 0.3) is 11.9 Å². The number of nitrogens with two attached hydrogens (primary N) is 1. The number of halogens is 3. The minimum Gasteiger partial charge on any atom is -0.495 e. The van der Waals surface area contributed by atoms with Gasteiger partial charge in [-0.1, -0.05) is 0 Å². The number of hydrogen-bond donors (Lipinski definition) is 2. The Morgan fingerprint density at radius 1 is 1.23 bits per heavy atom. The number of nitrogens with zero attached hydrogens (tertiary/aromatic N) is 2. The second-order valence-corrected chi connectivity index (χ2v) is 6.91. The SMILES string of the molecule is COc1cnc(C(=O)Nc2ccc(F)c([C@]34COC[C@@]3(F)COC(N)=N4)c2)c(F)c1. The molecule has 0 unspecified atom stereocenters. The van der Waals surface area contributed by atoms with Crippen LogP contribution in [0.3, 0.4) is 0 Å². The lowest BCUT2D eigenvalue weighted by Gasteiger charge is -2.38. The maximum atomic E-state index is 15.5. The molecule has 2 aliphatic heterocycles. The highest BCUT2D eigenvalue weighted by molar-refractivity contribution is 6.03. The summed E-state index contributed by atoms with van der Waals surface area (Å²) in [4.78, 5) is 20.2. The highest BCUT2D eigenvalue weighted by Gasteiger charge is 2.62. The van der Waals surface area contributed by atoms with Gasteiger partial charge >= 0.3 is 0 Å². The van der Waals surface area contributed by atoms with Crippen LogP contribution in [0.25, 0.3) is 0 Å². The molecule has 0 aliphatic carbocycles. The van der Waals surface area contributed by atoms with Gasteiger partial charge in [-0.3, -0.25) is 4.79 Å². The van der Waals surface area contributed by atoms with E-state index in [1.807, 2.05) is 0 Å². The molecule has 3 N–H and O–H groups in total. The lowest BCUT2D eigenvalue weighted by Crippen LogP contribution is -2.55. The van der Waals surface area contributed by atoms with Crippen LogP contribution in [0.1, 0.15) is 16.1 Å². The molecular formula is C19H17F3N4O4. The zero-order valence-electron chi connectivity index (χ0n) is 15.7. The molecule has 2 aliphatic rings. The lowest BCUT2D eigenvalue weighted by atomic mass is 9.78. The number of methoxy groups -OCH3 is 1. The van der Waals surface area contributed by atoms with E-state index < -0.39 is 41.1 Å². The van der Waals surface area contributed by atoms with Crippen molar-refractivity contribution in [2.24, 2.45) is 10.7 Å². The summed E-state index contributed by atoms with van der Waals surface area (Å²) in [5.41, 5.74) is 1.11. The first-order valence-electron chi connectivity index (χ1n) is 8.84. The number of nitrogens with one attached hydrogen (secondary N) is 1.